The molecule has 0 rings (SSSR count). The van der Waals surface area contributed by atoms with Crippen LogP contribution in [0.25, 0.3) is 0 Å². The van der Waals surface area contributed by atoms with Gasteiger partial charge in [0.25, 0.3) is 0 Å². The second-order valence-electron chi connectivity index (χ2n) is 0.447. The molecule has 0 bridgehead atoms. The Morgan fingerprint density at radius 2 is 1.20 bits per heavy atom. The normalized spacial score (nSPS) is 6.00. The molecule has 0 amide bonds. The van der Waals surface area contributed by atoms with E-state index in [1.807, 2.05) is 0 Å². The zero-order chi connectivity index (χ0) is 3.41. The molecule has 2 nitrogen and oxygen atoms in total. The molecule has 0 spiro atoms. The van der Waals surface area contributed by atoms with Gasteiger partial charge in [-0.25, -0.2) is 0 Å². The predicted octanol–water partition coefficient (Wildman–Crippen LogP) is -0.916. The summed E-state index contributed by atoms with van der Waals surface area (Å²) in [6, 6.07) is 0. The lowest BCUT2D eigenvalue weighted by atomic mass is 10.8. The highest BCUT2D eigenvalue weighted by Crippen LogP contribution is 1.39. The highest BCUT2D eigenvalue weighted by Gasteiger charge is 1.58. The van der Waals surface area contributed by atoms with E-state index in [9.17, 15) is 0 Å². The quantitative estimate of drug-likeness (QED) is 0.443. The van der Waals surface area contributed by atoms with Crippen LogP contribution >= 0.6 is 13.5 Å². The Bertz CT molecular complexity index is 9.61. The second kappa shape index (κ2) is 8.86. The molecule has 3 heteroatoms. The molecule has 5 heavy (non-hydrogen) atoms. The SMILES string of the molecule is OCCO.S. The zero-order valence-electron chi connectivity index (χ0n) is 2.81. The molecule has 0 aliphatic carbocycles. The second-order valence-corrected chi connectivity index (χ2v) is 0.447. The molecule has 2 N–H and O–H groups in total. The Labute approximate surface area is 37.9 Å². The first kappa shape index (κ1) is 8.99. The minimum Gasteiger partial charge on any atom is -0.394 e. The molecule has 0 atom stereocenters. The molecule has 0 aliphatic heterocycles. The van der Waals surface area contributed by atoms with E-state index in [0.717, 1.165) is 0 Å². The largest absolute Gasteiger partial charge is 0.394 e. The highest BCUT2D eigenvalue weighted by molar-refractivity contribution is 7.59. The molecule has 0 aromatic rings. The van der Waals surface area contributed by atoms with Gasteiger partial charge in [-0.15, -0.1) is 0 Å². The molecule has 34 valence electrons. The van der Waals surface area contributed by atoms with Gasteiger partial charge in [-0.1, -0.05) is 0 Å². The van der Waals surface area contributed by atoms with Gasteiger partial charge in [0.15, 0.2) is 0 Å². The van der Waals surface area contributed by atoms with Gasteiger partial charge in [-0.2, -0.15) is 13.5 Å². The van der Waals surface area contributed by atoms with Crippen molar-refractivity contribution in [3.8, 4) is 0 Å². The fourth-order valence-corrected chi connectivity index (χ4v) is 0. The average Bonchev–Trinajstić information content (AvgIpc) is 1.37. The van der Waals surface area contributed by atoms with E-state index in [0.29, 0.717) is 0 Å². The van der Waals surface area contributed by atoms with Crippen LogP contribution < -0.4 is 0 Å². The van der Waals surface area contributed by atoms with Gasteiger partial charge < -0.3 is 10.2 Å². The minimum absolute atomic E-state index is 0. The highest BCUT2D eigenvalue weighted by atomic mass is 32.1. The molecule has 0 aromatic carbocycles. The summed E-state index contributed by atoms with van der Waals surface area (Å²) in [6.07, 6.45) is 0. The van der Waals surface area contributed by atoms with Crippen LogP contribution in [0.4, 0.5) is 0 Å². The van der Waals surface area contributed by atoms with Gasteiger partial charge in [0, 0.05) is 0 Å². The smallest absolute Gasteiger partial charge is 0.0662 e. The summed E-state index contributed by atoms with van der Waals surface area (Å²) < 4.78 is 0. The van der Waals surface area contributed by atoms with Crippen molar-refractivity contribution >= 4 is 13.5 Å². The summed E-state index contributed by atoms with van der Waals surface area (Å²) in [6.45, 7) is -0.250. The van der Waals surface area contributed by atoms with Crippen molar-refractivity contribution in [3.63, 3.8) is 0 Å². The van der Waals surface area contributed by atoms with E-state index in [1.54, 1.807) is 0 Å². The van der Waals surface area contributed by atoms with Crippen LogP contribution in [0, 0.1) is 0 Å². The summed E-state index contributed by atoms with van der Waals surface area (Å²) in [5.74, 6) is 0. The van der Waals surface area contributed by atoms with Crippen molar-refractivity contribution in [2.24, 2.45) is 0 Å². The van der Waals surface area contributed by atoms with Crippen molar-refractivity contribution in [1.29, 1.82) is 0 Å². The molecule has 0 saturated carbocycles. The number of hydrogen-bond donors (Lipinski definition) is 2. The Morgan fingerprint density at radius 1 is 1.00 bits per heavy atom. The summed E-state index contributed by atoms with van der Waals surface area (Å²) in [7, 11) is 0. The molecule has 0 aliphatic rings. The average molecular weight is 96.2 g/mol. The zero-order valence-corrected chi connectivity index (χ0v) is 3.81. The molecule has 0 heterocycles. The monoisotopic (exact) mass is 96.0 g/mol. The van der Waals surface area contributed by atoms with E-state index in [1.165, 1.54) is 0 Å². The lowest BCUT2D eigenvalue weighted by Gasteiger charge is -1.70. The first-order valence-corrected chi connectivity index (χ1v) is 1.13. The van der Waals surface area contributed by atoms with E-state index in [4.69, 9.17) is 10.2 Å². The summed E-state index contributed by atoms with van der Waals surface area (Å²) in [5, 5.41) is 15.2. The number of hydrogen-bond acceptors (Lipinski definition) is 2. The van der Waals surface area contributed by atoms with Crippen LogP contribution in [-0.2, 0) is 0 Å². The molecule has 0 aromatic heterocycles. The van der Waals surface area contributed by atoms with Crippen molar-refractivity contribution in [1.82, 2.24) is 0 Å². The Morgan fingerprint density at radius 3 is 1.20 bits per heavy atom. The maximum absolute atomic E-state index is 7.62. The summed E-state index contributed by atoms with van der Waals surface area (Å²) in [4.78, 5) is 0. The van der Waals surface area contributed by atoms with Crippen molar-refractivity contribution in [2.75, 3.05) is 13.2 Å². The topological polar surface area (TPSA) is 40.5 Å². The van der Waals surface area contributed by atoms with Crippen LogP contribution in [0.15, 0.2) is 0 Å². The predicted molar refractivity (Wildman–Crippen MR) is 24.6 cm³/mol. The third kappa shape index (κ3) is 13.6. The van der Waals surface area contributed by atoms with Crippen LogP contribution in [0.1, 0.15) is 0 Å². The lowest BCUT2D eigenvalue weighted by molar-refractivity contribution is 0.186. The fourth-order valence-electron chi connectivity index (χ4n) is 0. The first-order valence-electron chi connectivity index (χ1n) is 1.13. The van der Waals surface area contributed by atoms with E-state index < -0.39 is 0 Å². The Balaban J connectivity index is 0. The van der Waals surface area contributed by atoms with Crippen LogP contribution in [-0.4, -0.2) is 23.4 Å². The molecule has 0 fully saturated rings. The molecule has 0 unspecified atom stereocenters. The molecular formula is C2H8O2S. The Kier molecular flexibility index (Phi) is 15.9. The molecular weight excluding hydrogens is 88.1 g/mol. The fraction of sp³-hybridized carbons (Fsp3) is 1.00. The maximum atomic E-state index is 7.62. The van der Waals surface area contributed by atoms with Gasteiger partial charge in [0.2, 0.25) is 0 Å². The van der Waals surface area contributed by atoms with E-state index in [2.05, 4.69) is 0 Å². The number of aliphatic hydroxyl groups is 2. The number of aliphatic hydroxyl groups excluding tert-OH is 2. The third-order valence-electron chi connectivity index (χ3n) is 0.1000. The summed E-state index contributed by atoms with van der Waals surface area (Å²) in [5.41, 5.74) is 0. The van der Waals surface area contributed by atoms with E-state index >= 15 is 0 Å². The van der Waals surface area contributed by atoms with Crippen molar-refractivity contribution in [2.45, 2.75) is 0 Å². The third-order valence-corrected chi connectivity index (χ3v) is 0.1000. The van der Waals surface area contributed by atoms with E-state index in [-0.39, 0.29) is 26.7 Å². The lowest BCUT2D eigenvalue weighted by Crippen LogP contribution is -1.85. The minimum atomic E-state index is -0.125. The molecule has 0 radical (unpaired) electrons. The maximum Gasteiger partial charge on any atom is 0.0662 e. The standard InChI is InChI=1S/C2H6O2.H2S/c3-1-2-4;/h3-4H,1-2H2;1H2. The molecule has 0 saturated heterocycles. The van der Waals surface area contributed by atoms with Crippen molar-refractivity contribution in [3.05, 3.63) is 0 Å². The Hall–Kier alpha value is 0.270. The van der Waals surface area contributed by atoms with Crippen LogP contribution in [0.5, 0.6) is 0 Å². The van der Waals surface area contributed by atoms with Crippen molar-refractivity contribution < 1.29 is 10.2 Å². The summed E-state index contributed by atoms with van der Waals surface area (Å²) >= 11 is 0. The van der Waals surface area contributed by atoms with Gasteiger partial charge in [0.1, 0.15) is 0 Å². The van der Waals surface area contributed by atoms with Crippen LogP contribution in [0.2, 0.25) is 0 Å². The van der Waals surface area contributed by atoms with Gasteiger partial charge in [0.05, 0.1) is 13.2 Å². The van der Waals surface area contributed by atoms with Crippen LogP contribution in [0.3, 0.4) is 0 Å². The van der Waals surface area contributed by atoms with Gasteiger partial charge in [-0.05, 0) is 0 Å². The first-order chi connectivity index (χ1) is 1.91. The van der Waals surface area contributed by atoms with Gasteiger partial charge >= 0.3 is 0 Å². The number of rotatable bonds is 1. The van der Waals surface area contributed by atoms with Gasteiger partial charge in [-0.3, -0.25) is 0 Å².